The maximum absolute atomic E-state index is 12.0. The Bertz CT molecular complexity index is 837. The molecule has 130 valence electrons. The number of furan rings is 1. The second-order valence-corrected chi connectivity index (χ2v) is 5.19. The topological polar surface area (TPSA) is 83.9 Å². The van der Waals surface area contributed by atoms with Gasteiger partial charge in [0.2, 0.25) is 5.76 Å². The van der Waals surface area contributed by atoms with Crippen molar-refractivity contribution in [2.24, 2.45) is 0 Å². The van der Waals surface area contributed by atoms with Gasteiger partial charge in [0.05, 0.1) is 26.9 Å². The predicted octanol–water partition coefficient (Wildman–Crippen LogP) is 3.24. The van der Waals surface area contributed by atoms with Gasteiger partial charge in [0.1, 0.15) is 12.3 Å². The third-order valence-electron chi connectivity index (χ3n) is 3.50. The molecule has 0 fully saturated rings. The Morgan fingerprint density at radius 3 is 2.64 bits per heavy atom. The van der Waals surface area contributed by atoms with E-state index in [0.29, 0.717) is 28.7 Å². The summed E-state index contributed by atoms with van der Waals surface area (Å²) < 4.78 is 26.0. The molecule has 0 spiro atoms. The Morgan fingerprint density at radius 1 is 1.08 bits per heavy atom. The van der Waals surface area contributed by atoms with E-state index in [9.17, 15) is 4.79 Å². The predicted molar refractivity (Wildman–Crippen MR) is 87.3 cm³/mol. The molecule has 0 atom stereocenters. The zero-order chi connectivity index (χ0) is 17.6. The number of nitrogens with zero attached hydrogens (tertiary/aromatic N) is 1. The molecule has 0 bridgehead atoms. The van der Waals surface area contributed by atoms with Crippen LogP contribution in [-0.4, -0.2) is 25.3 Å². The molecule has 2 aromatic heterocycles. The molecule has 3 aromatic rings. The molecule has 0 aliphatic heterocycles. The number of hydrogen-bond donors (Lipinski definition) is 0. The smallest absolute Gasteiger partial charge is 0.310 e. The first-order valence-corrected chi connectivity index (χ1v) is 7.55. The average molecular weight is 343 g/mol. The molecule has 7 nitrogen and oxygen atoms in total. The minimum absolute atomic E-state index is 0.0241. The van der Waals surface area contributed by atoms with Crippen molar-refractivity contribution in [1.29, 1.82) is 0 Å². The highest BCUT2D eigenvalue weighted by molar-refractivity contribution is 5.73. The molecule has 0 aliphatic rings. The van der Waals surface area contributed by atoms with Crippen LogP contribution in [0.1, 0.15) is 11.3 Å². The molecule has 0 unspecified atom stereocenters. The van der Waals surface area contributed by atoms with Crippen LogP contribution in [0.5, 0.6) is 11.5 Å². The van der Waals surface area contributed by atoms with Crippen LogP contribution in [0.4, 0.5) is 0 Å². The van der Waals surface area contributed by atoms with Gasteiger partial charge < -0.3 is 23.2 Å². The first-order valence-electron chi connectivity index (χ1n) is 7.55. The zero-order valence-corrected chi connectivity index (χ0v) is 13.9. The normalized spacial score (nSPS) is 10.5. The van der Waals surface area contributed by atoms with Crippen LogP contribution in [0, 0.1) is 0 Å². The molecule has 0 saturated heterocycles. The van der Waals surface area contributed by atoms with E-state index < -0.39 is 0 Å². The summed E-state index contributed by atoms with van der Waals surface area (Å²) in [4.78, 5) is 12.0. The van der Waals surface area contributed by atoms with Gasteiger partial charge in [0.15, 0.2) is 17.3 Å². The van der Waals surface area contributed by atoms with E-state index in [1.54, 1.807) is 56.9 Å². The fraction of sp³-hybridized carbons (Fsp3) is 0.222. The number of esters is 1. The van der Waals surface area contributed by atoms with E-state index in [2.05, 4.69) is 5.16 Å². The lowest BCUT2D eigenvalue weighted by Gasteiger charge is -2.09. The van der Waals surface area contributed by atoms with Crippen molar-refractivity contribution in [1.82, 2.24) is 5.16 Å². The van der Waals surface area contributed by atoms with Crippen LogP contribution in [-0.2, 0) is 22.6 Å². The number of carbonyl (C=O) groups is 1. The van der Waals surface area contributed by atoms with Gasteiger partial charge in [-0.25, -0.2) is 0 Å². The van der Waals surface area contributed by atoms with Gasteiger partial charge in [0, 0.05) is 6.07 Å². The summed E-state index contributed by atoms with van der Waals surface area (Å²) in [6.45, 7) is 0.0241. The molecule has 7 heteroatoms. The number of hydrogen-bond acceptors (Lipinski definition) is 7. The molecule has 25 heavy (non-hydrogen) atoms. The second kappa shape index (κ2) is 7.57. The SMILES string of the molecule is COc1ccc(CC(=O)OCc2cc(-c3ccco3)on2)cc1OC. The standard InChI is InChI=1S/C18H17NO6/c1-21-14-6-5-12(8-16(14)22-2)9-18(20)24-11-13-10-17(25-19-13)15-4-3-7-23-15/h3-8,10H,9,11H2,1-2H3. The third-order valence-corrected chi connectivity index (χ3v) is 3.50. The van der Waals surface area contributed by atoms with Crippen LogP contribution in [0.3, 0.4) is 0 Å². The van der Waals surface area contributed by atoms with Gasteiger partial charge in [-0.15, -0.1) is 0 Å². The monoisotopic (exact) mass is 343 g/mol. The van der Waals surface area contributed by atoms with Crippen molar-refractivity contribution in [3.63, 3.8) is 0 Å². The third kappa shape index (κ3) is 4.00. The molecular weight excluding hydrogens is 326 g/mol. The minimum atomic E-state index is -0.380. The van der Waals surface area contributed by atoms with Crippen molar-refractivity contribution >= 4 is 5.97 Å². The van der Waals surface area contributed by atoms with Crippen LogP contribution in [0.2, 0.25) is 0 Å². The van der Waals surface area contributed by atoms with E-state index in [-0.39, 0.29) is 19.0 Å². The maximum Gasteiger partial charge on any atom is 0.310 e. The molecule has 0 radical (unpaired) electrons. The van der Waals surface area contributed by atoms with Crippen LogP contribution in [0.25, 0.3) is 11.5 Å². The fourth-order valence-electron chi connectivity index (χ4n) is 2.28. The summed E-state index contributed by atoms with van der Waals surface area (Å²) in [7, 11) is 3.10. The van der Waals surface area contributed by atoms with Crippen molar-refractivity contribution in [3.8, 4) is 23.0 Å². The lowest BCUT2D eigenvalue weighted by Crippen LogP contribution is -2.08. The minimum Gasteiger partial charge on any atom is -0.493 e. The highest BCUT2D eigenvalue weighted by Gasteiger charge is 2.12. The number of carbonyl (C=O) groups excluding carboxylic acids is 1. The molecule has 2 heterocycles. The van der Waals surface area contributed by atoms with Crippen molar-refractivity contribution in [2.75, 3.05) is 14.2 Å². The van der Waals surface area contributed by atoms with Crippen molar-refractivity contribution in [2.45, 2.75) is 13.0 Å². The summed E-state index contributed by atoms with van der Waals surface area (Å²) in [6, 6.07) is 10.4. The maximum atomic E-state index is 12.0. The summed E-state index contributed by atoms with van der Waals surface area (Å²) in [5.41, 5.74) is 1.27. The molecule has 0 amide bonds. The Balaban J connectivity index is 1.56. The van der Waals surface area contributed by atoms with E-state index in [0.717, 1.165) is 5.56 Å². The average Bonchev–Trinajstić information content (AvgIpc) is 3.31. The van der Waals surface area contributed by atoms with Crippen LogP contribution in [0.15, 0.2) is 51.6 Å². The first kappa shape index (κ1) is 16.6. The number of rotatable bonds is 7. The van der Waals surface area contributed by atoms with Gasteiger partial charge in [-0.1, -0.05) is 11.2 Å². The number of ether oxygens (including phenoxy) is 3. The van der Waals surface area contributed by atoms with Gasteiger partial charge in [-0.3, -0.25) is 4.79 Å². The Hall–Kier alpha value is -3.22. The summed E-state index contributed by atoms with van der Waals surface area (Å²) in [5.74, 6) is 1.83. The Labute approximate surface area is 144 Å². The van der Waals surface area contributed by atoms with Crippen LogP contribution < -0.4 is 9.47 Å². The molecule has 0 aliphatic carbocycles. The van der Waals surface area contributed by atoms with Gasteiger partial charge in [0.25, 0.3) is 0 Å². The molecule has 1 aromatic carbocycles. The molecule has 3 rings (SSSR count). The Morgan fingerprint density at radius 2 is 1.92 bits per heavy atom. The Kier molecular flexibility index (Phi) is 5.03. The fourth-order valence-corrected chi connectivity index (χ4v) is 2.28. The van der Waals surface area contributed by atoms with Gasteiger partial charge in [-0.2, -0.15) is 0 Å². The molecule has 0 saturated carbocycles. The molecule has 0 N–H and O–H groups in total. The number of methoxy groups -OCH3 is 2. The highest BCUT2D eigenvalue weighted by atomic mass is 16.5. The van der Waals surface area contributed by atoms with E-state index >= 15 is 0 Å². The van der Waals surface area contributed by atoms with Gasteiger partial charge in [-0.05, 0) is 29.8 Å². The second-order valence-electron chi connectivity index (χ2n) is 5.19. The summed E-state index contributed by atoms with van der Waals surface area (Å²) >= 11 is 0. The lowest BCUT2D eigenvalue weighted by molar-refractivity contribution is -0.144. The van der Waals surface area contributed by atoms with Crippen molar-refractivity contribution in [3.05, 3.63) is 53.9 Å². The van der Waals surface area contributed by atoms with E-state index in [4.69, 9.17) is 23.2 Å². The highest BCUT2D eigenvalue weighted by Crippen LogP contribution is 2.27. The van der Waals surface area contributed by atoms with Gasteiger partial charge >= 0.3 is 5.97 Å². The van der Waals surface area contributed by atoms with Crippen molar-refractivity contribution < 1.29 is 27.9 Å². The lowest BCUT2D eigenvalue weighted by atomic mass is 10.1. The van der Waals surface area contributed by atoms with E-state index in [1.807, 2.05) is 0 Å². The quantitative estimate of drug-likeness (QED) is 0.609. The zero-order valence-electron chi connectivity index (χ0n) is 13.9. The van der Waals surface area contributed by atoms with E-state index in [1.165, 1.54) is 0 Å². The molecular formula is C18H17NO6. The number of aromatic nitrogens is 1. The number of benzene rings is 1. The summed E-state index contributed by atoms with van der Waals surface area (Å²) in [6.07, 6.45) is 1.66. The first-order chi connectivity index (χ1) is 12.2. The largest absolute Gasteiger partial charge is 0.493 e. The summed E-state index contributed by atoms with van der Waals surface area (Å²) in [5, 5.41) is 3.85. The van der Waals surface area contributed by atoms with Crippen LogP contribution >= 0.6 is 0 Å².